The molecular formula is C30H24F3NO3. The van der Waals surface area contributed by atoms with Crippen LogP contribution in [0.15, 0.2) is 115 Å². The topological polar surface area (TPSA) is 66.4 Å². The van der Waals surface area contributed by atoms with Crippen LogP contribution in [0, 0.1) is 0 Å². The molecule has 0 unspecified atom stereocenters. The fourth-order valence-electron chi connectivity index (χ4n) is 4.62. The molecule has 0 aliphatic rings. The minimum Gasteiger partial charge on any atom is -0.480 e. The minimum absolute atomic E-state index is 0.215. The maximum atomic E-state index is 14.3. The van der Waals surface area contributed by atoms with Crippen LogP contribution in [0.5, 0.6) is 0 Å². The number of carboxylic acid groups (broad SMARTS) is 1. The van der Waals surface area contributed by atoms with E-state index in [1.165, 1.54) is 18.2 Å². The second-order valence-electron chi connectivity index (χ2n) is 8.57. The summed E-state index contributed by atoms with van der Waals surface area (Å²) in [6.45, 7) is 0. The molecule has 4 aromatic carbocycles. The van der Waals surface area contributed by atoms with Crippen LogP contribution in [0.4, 0.5) is 13.2 Å². The second-order valence-corrected chi connectivity index (χ2v) is 8.57. The summed E-state index contributed by atoms with van der Waals surface area (Å²) in [6, 6.07) is 29.9. The number of alkyl halides is 3. The Bertz CT molecular complexity index is 1260. The van der Waals surface area contributed by atoms with Gasteiger partial charge in [0.25, 0.3) is 0 Å². The number of hydrogen-bond donors (Lipinski definition) is 2. The van der Waals surface area contributed by atoms with Gasteiger partial charge in [-0.25, -0.2) is 4.79 Å². The molecule has 0 fully saturated rings. The first-order valence-electron chi connectivity index (χ1n) is 11.6. The summed E-state index contributed by atoms with van der Waals surface area (Å²) in [6.07, 6.45) is -5.20. The number of amides is 1. The first-order chi connectivity index (χ1) is 17.7. The van der Waals surface area contributed by atoms with Crippen molar-refractivity contribution in [1.29, 1.82) is 0 Å². The zero-order valence-electron chi connectivity index (χ0n) is 19.7. The monoisotopic (exact) mass is 503 g/mol. The Balaban J connectivity index is 1.84. The smallest absolute Gasteiger partial charge is 0.416 e. The Labute approximate surface area is 212 Å². The molecule has 1 amide bonds. The van der Waals surface area contributed by atoms with E-state index in [4.69, 9.17) is 0 Å². The second kappa shape index (κ2) is 10.7. The largest absolute Gasteiger partial charge is 0.480 e. The van der Waals surface area contributed by atoms with Crippen molar-refractivity contribution in [3.63, 3.8) is 0 Å². The molecule has 7 heteroatoms. The molecule has 0 aromatic heterocycles. The Morgan fingerprint density at radius 1 is 0.676 bits per heavy atom. The first-order valence-corrected chi connectivity index (χ1v) is 11.6. The highest BCUT2D eigenvalue weighted by atomic mass is 19.4. The van der Waals surface area contributed by atoms with E-state index in [-0.39, 0.29) is 5.56 Å². The zero-order valence-corrected chi connectivity index (χ0v) is 19.7. The van der Waals surface area contributed by atoms with Crippen LogP contribution in [0.2, 0.25) is 0 Å². The van der Waals surface area contributed by atoms with Crippen molar-refractivity contribution in [2.45, 2.75) is 24.1 Å². The number of benzene rings is 4. The van der Waals surface area contributed by atoms with Crippen LogP contribution in [0.25, 0.3) is 0 Å². The average Bonchev–Trinajstić information content (AvgIpc) is 2.90. The summed E-state index contributed by atoms with van der Waals surface area (Å²) in [4.78, 5) is 26.5. The minimum atomic E-state index is -4.66. The van der Waals surface area contributed by atoms with E-state index in [1.807, 2.05) is 0 Å². The number of halogens is 3. The molecule has 4 aromatic rings. The molecule has 188 valence electrons. The molecule has 0 bridgehead atoms. The van der Waals surface area contributed by atoms with Crippen molar-refractivity contribution in [3.8, 4) is 0 Å². The lowest BCUT2D eigenvalue weighted by molar-refractivity contribution is -0.143. The summed E-state index contributed by atoms with van der Waals surface area (Å²) in [5.41, 5.74) is -0.844. The lowest BCUT2D eigenvalue weighted by atomic mass is 9.68. The lowest BCUT2D eigenvalue weighted by Crippen LogP contribution is -2.52. The average molecular weight is 504 g/mol. The molecule has 4 nitrogen and oxygen atoms in total. The van der Waals surface area contributed by atoms with E-state index >= 15 is 0 Å². The van der Waals surface area contributed by atoms with Crippen molar-refractivity contribution in [1.82, 2.24) is 5.32 Å². The Kier molecular flexibility index (Phi) is 7.43. The van der Waals surface area contributed by atoms with Crippen LogP contribution in [0.3, 0.4) is 0 Å². The van der Waals surface area contributed by atoms with Gasteiger partial charge in [0.05, 0.1) is 5.56 Å². The maximum Gasteiger partial charge on any atom is 0.416 e. The van der Waals surface area contributed by atoms with Gasteiger partial charge in [0.2, 0.25) is 5.91 Å². The van der Waals surface area contributed by atoms with Gasteiger partial charge in [0, 0.05) is 6.42 Å². The van der Waals surface area contributed by atoms with Gasteiger partial charge in [0.15, 0.2) is 0 Å². The van der Waals surface area contributed by atoms with Gasteiger partial charge < -0.3 is 10.4 Å². The maximum absolute atomic E-state index is 14.3. The Hall–Kier alpha value is -4.39. The third-order valence-electron chi connectivity index (χ3n) is 6.31. The van der Waals surface area contributed by atoms with Crippen LogP contribution in [0.1, 0.15) is 27.8 Å². The Morgan fingerprint density at radius 2 is 1.08 bits per heavy atom. The number of carbonyl (C=O) groups excluding carboxylic acids is 1. The van der Waals surface area contributed by atoms with Crippen LogP contribution < -0.4 is 5.32 Å². The van der Waals surface area contributed by atoms with E-state index in [1.54, 1.807) is 91.0 Å². The SMILES string of the molecule is O=C(O)[C@H](Cc1ccccc1C(F)(F)F)NC(=O)C(c1ccccc1)(c1ccccc1)c1ccccc1. The number of rotatable bonds is 8. The summed E-state index contributed by atoms with van der Waals surface area (Å²) in [7, 11) is 0. The van der Waals surface area contributed by atoms with Gasteiger partial charge in [-0.1, -0.05) is 109 Å². The molecule has 2 N–H and O–H groups in total. The van der Waals surface area contributed by atoms with E-state index < -0.39 is 41.5 Å². The van der Waals surface area contributed by atoms with Crippen molar-refractivity contribution < 1.29 is 27.9 Å². The van der Waals surface area contributed by atoms with Crippen molar-refractivity contribution in [2.75, 3.05) is 0 Å². The highest BCUT2D eigenvalue weighted by Gasteiger charge is 2.45. The van der Waals surface area contributed by atoms with Crippen molar-refractivity contribution >= 4 is 11.9 Å². The van der Waals surface area contributed by atoms with Gasteiger partial charge in [-0.3, -0.25) is 4.79 Å². The molecule has 4 rings (SSSR count). The predicted octanol–water partition coefficient (Wildman–Crippen LogP) is 5.85. The van der Waals surface area contributed by atoms with Gasteiger partial charge in [-0.05, 0) is 28.3 Å². The fourth-order valence-corrected chi connectivity index (χ4v) is 4.62. The third kappa shape index (κ3) is 5.26. The summed E-state index contributed by atoms with van der Waals surface area (Å²) in [5, 5.41) is 12.5. The van der Waals surface area contributed by atoms with E-state index in [9.17, 15) is 27.9 Å². The predicted molar refractivity (Wildman–Crippen MR) is 134 cm³/mol. The number of carbonyl (C=O) groups is 2. The molecule has 1 atom stereocenters. The van der Waals surface area contributed by atoms with Crippen molar-refractivity contribution in [2.24, 2.45) is 0 Å². The number of nitrogens with one attached hydrogen (secondary N) is 1. The van der Waals surface area contributed by atoms with Gasteiger partial charge in [0.1, 0.15) is 11.5 Å². The van der Waals surface area contributed by atoms with Crippen LogP contribution in [-0.2, 0) is 27.6 Å². The lowest BCUT2D eigenvalue weighted by Gasteiger charge is -2.35. The molecule has 0 saturated heterocycles. The third-order valence-corrected chi connectivity index (χ3v) is 6.31. The van der Waals surface area contributed by atoms with Gasteiger partial charge >= 0.3 is 12.1 Å². The van der Waals surface area contributed by atoms with E-state index in [0.717, 1.165) is 6.07 Å². The van der Waals surface area contributed by atoms with Gasteiger partial charge in [-0.2, -0.15) is 13.2 Å². The first kappa shape index (κ1) is 25.7. The summed E-state index contributed by atoms with van der Waals surface area (Å²) >= 11 is 0. The fraction of sp³-hybridized carbons (Fsp3) is 0.133. The molecule has 0 spiro atoms. The van der Waals surface area contributed by atoms with Crippen LogP contribution >= 0.6 is 0 Å². The quantitative estimate of drug-likeness (QED) is 0.297. The summed E-state index contributed by atoms with van der Waals surface area (Å²) < 4.78 is 40.7. The number of carboxylic acids is 1. The van der Waals surface area contributed by atoms with Crippen LogP contribution in [-0.4, -0.2) is 23.0 Å². The van der Waals surface area contributed by atoms with Gasteiger partial charge in [-0.15, -0.1) is 0 Å². The number of hydrogen-bond acceptors (Lipinski definition) is 2. The molecule has 0 aliphatic carbocycles. The standard InChI is InChI=1S/C30H24F3NO3/c31-30(32,33)25-19-11-10-12-21(25)20-26(27(35)36)34-28(37)29(22-13-4-1-5-14-22,23-15-6-2-7-16-23)24-17-8-3-9-18-24/h1-19,26H,20H2,(H,34,37)(H,35,36)/t26-/m0/s1. The molecule has 0 heterocycles. The van der Waals surface area contributed by atoms with E-state index in [0.29, 0.717) is 16.7 Å². The molecular weight excluding hydrogens is 479 g/mol. The molecule has 0 aliphatic heterocycles. The zero-order chi connectivity index (χ0) is 26.5. The van der Waals surface area contributed by atoms with E-state index in [2.05, 4.69) is 5.32 Å². The molecule has 0 saturated carbocycles. The highest BCUT2D eigenvalue weighted by Crippen LogP contribution is 2.40. The summed E-state index contributed by atoms with van der Waals surface area (Å²) in [5.74, 6) is -2.10. The number of aliphatic carboxylic acids is 1. The Morgan fingerprint density at radius 3 is 1.49 bits per heavy atom. The highest BCUT2D eigenvalue weighted by molar-refractivity contribution is 5.98. The normalized spacial score (nSPS) is 12.5. The van der Waals surface area contributed by atoms with Crippen molar-refractivity contribution in [3.05, 3.63) is 143 Å². The molecule has 0 radical (unpaired) electrons. The molecule has 37 heavy (non-hydrogen) atoms.